The molecule has 1 aromatic carbocycles. The maximum Gasteiger partial charge on any atom is 0.410 e. The second-order valence-corrected chi connectivity index (χ2v) is 6.57. The molecule has 4 nitrogen and oxygen atoms in total. The van der Waals surface area contributed by atoms with Gasteiger partial charge in [-0.1, -0.05) is 26.0 Å². The second kappa shape index (κ2) is 7.12. The second-order valence-electron chi connectivity index (χ2n) is 6.57. The Morgan fingerprint density at radius 2 is 2.05 bits per heavy atom. The lowest BCUT2D eigenvalue weighted by Gasteiger charge is -2.28. The fourth-order valence-corrected chi connectivity index (χ4v) is 1.93. The number of ether oxygens (including phenoxy) is 1. The van der Waals surface area contributed by atoms with Gasteiger partial charge in [0, 0.05) is 13.1 Å². The maximum absolute atomic E-state index is 12.3. The van der Waals surface area contributed by atoms with Crippen molar-refractivity contribution in [3.8, 4) is 6.07 Å². The van der Waals surface area contributed by atoms with Gasteiger partial charge in [-0.25, -0.2) is 4.79 Å². The molecule has 1 aromatic rings. The van der Waals surface area contributed by atoms with Gasteiger partial charge >= 0.3 is 6.09 Å². The predicted molar refractivity (Wildman–Crippen MR) is 82.6 cm³/mol. The van der Waals surface area contributed by atoms with Gasteiger partial charge in [-0.15, -0.1) is 0 Å². The van der Waals surface area contributed by atoms with Gasteiger partial charge in [0.15, 0.2) is 0 Å². The fourth-order valence-electron chi connectivity index (χ4n) is 1.93. The molecule has 1 amide bonds. The number of nitrogens with zero attached hydrogens (tertiary/aromatic N) is 2. The Kier molecular flexibility index (Phi) is 5.78. The maximum atomic E-state index is 12.3. The van der Waals surface area contributed by atoms with Crippen LogP contribution >= 0.6 is 0 Å². The van der Waals surface area contributed by atoms with Crippen LogP contribution in [-0.4, -0.2) is 23.1 Å². The molecule has 0 spiro atoms. The van der Waals surface area contributed by atoms with Crippen molar-refractivity contribution in [2.45, 2.75) is 46.8 Å². The first-order valence-corrected chi connectivity index (χ1v) is 7.18. The molecule has 0 unspecified atom stereocenters. The Hall–Kier alpha value is -2.02. The average Bonchev–Trinajstić information content (AvgIpc) is 2.35. The quantitative estimate of drug-likeness (QED) is 0.843. The molecule has 0 radical (unpaired) electrons. The summed E-state index contributed by atoms with van der Waals surface area (Å²) in [5, 5.41) is 8.95. The number of hydrogen-bond acceptors (Lipinski definition) is 3. The van der Waals surface area contributed by atoms with Crippen molar-refractivity contribution >= 4 is 6.09 Å². The molecule has 0 aliphatic rings. The minimum Gasteiger partial charge on any atom is -0.444 e. The zero-order valence-electron chi connectivity index (χ0n) is 13.5. The molecule has 0 heterocycles. The van der Waals surface area contributed by atoms with Crippen LogP contribution in [0.1, 0.15) is 45.7 Å². The molecule has 21 heavy (non-hydrogen) atoms. The highest BCUT2D eigenvalue weighted by Gasteiger charge is 2.22. The molecule has 0 atom stereocenters. The smallest absolute Gasteiger partial charge is 0.410 e. The fraction of sp³-hybridized carbons (Fsp3) is 0.529. The summed E-state index contributed by atoms with van der Waals surface area (Å²) in [6.07, 6.45) is -0.321. The molecule has 0 bridgehead atoms. The summed E-state index contributed by atoms with van der Waals surface area (Å²) in [6, 6.07) is 9.42. The first-order valence-electron chi connectivity index (χ1n) is 7.18. The molecule has 0 fully saturated rings. The van der Waals surface area contributed by atoms with Gasteiger partial charge < -0.3 is 9.64 Å². The number of carbonyl (C=O) groups excluding carboxylic acids is 1. The zero-order valence-corrected chi connectivity index (χ0v) is 13.5. The van der Waals surface area contributed by atoms with Gasteiger partial charge in [-0.3, -0.25) is 0 Å². The predicted octanol–water partition coefficient (Wildman–Crippen LogP) is 3.95. The van der Waals surface area contributed by atoms with E-state index in [-0.39, 0.29) is 6.09 Å². The lowest BCUT2D eigenvalue weighted by molar-refractivity contribution is 0.0211. The summed E-state index contributed by atoms with van der Waals surface area (Å²) in [5.74, 6) is 0.344. The molecule has 0 aromatic heterocycles. The molecule has 4 heteroatoms. The van der Waals surface area contributed by atoms with Crippen LogP contribution in [-0.2, 0) is 11.3 Å². The van der Waals surface area contributed by atoms with Crippen molar-refractivity contribution in [2.75, 3.05) is 6.54 Å². The topological polar surface area (TPSA) is 53.3 Å². The molecule has 0 aliphatic carbocycles. The summed E-state index contributed by atoms with van der Waals surface area (Å²) in [7, 11) is 0. The van der Waals surface area contributed by atoms with Crippen molar-refractivity contribution in [1.29, 1.82) is 5.26 Å². The molecule has 0 saturated heterocycles. The third-order valence-corrected chi connectivity index (χ3v) is 2.67. The highest BCUT2D eigenvalue weighted by Crippen LogP contribution is 2.15. The summed E-state index contributed by atoms with van der Waals surface area (Å²) in [4.78, 5) is 14.0. The van der Waals surface area contributed by atoms with E-state index in [0.29, 0.717) is 24.6 Å². The normalized spacial score (nSPS) is 11.1. The monoisotopic (exact) mass is 288 g/mol. The molecule has 114 valence electrons. The van der Waals surface area contributed by atoms with Crippen LogP contribution < -0.4 is 0 Å². The molecule has 0 aliphatic heterocycles. The Morgan fingerprint density at radius 3 is 2.57 bits per heavy atom. The number of carbonyl (C=O) groups is 1. The SMILES string of the molecule is CC(C)CN(Cc1cccc(C#N)c1)C(=O)OC(C)(C)C. The number of amides is 1. The van der Waals surface area contributed by atoms with Gasteiger partial charge in [-0.2, -0.15) is 5.26 Å². The Bertz CT molecular complexity index is 524. The van der Waals surface area contributed by atoms with Crippen molar-refractivity contribution in [3.05, 3.63) is 35.4 Å². The summed E-state index contributed by atoms with van der Waals surface area (Å²) in [6.45, 7) is 10.7. The molecular formula is C17H24N2O2. The average molecular weight is 288 g/mol. The van der Waals surface area contributed by atoms with E-state index in [4.69, 9.17) is 10.00 Å². The van der Waals surface area contributed by atoms with Gasteiger partial charge in [0.25, 0.3) is 0 Å². The van der Waals surface area contributed by atoms with E-state index in [1.54, 1.807) is 17.0 Å². The van der Waals surface area contributed by atoms with Crippen molar-refractivity contribution in [2.24, 2.45) is 5.92 Å². The van der Waals surface area contributed by atoms with Gasteiger partial charge in [-0.05, 0) is 44.4 Å². The number of nitriles is 1. The van der Waals surface area contributed by atoms with Crippen molar-refractivity contribution in [3.63, 3.8) is 0 Å². The van der Waals surface area contributed by atoms with Crippen LogP contribution in [0.3, 0.4) is 0 Å². The number of benzene rings is 1. The minimum atomic E-state index is -0.513. The largest absolute Gasteiger partial charge is 0.444 e. The third kappa shape index (κ3) is 6.31. The Morgan fingerprint density at radius 1 is 1.38 bits per heavy atom. The first kappa shape index (κ1) is 17.0. The van der Waals surface area contributed by atoms with E-state index in [2.05, 4.69) is 19.9 Å². The van der Waals surface area contributed by atoms with Crippen LogP contribution in [0.15, 0.2) is 24.3 Å². The lowest BCUT2D eigenvalue weighted by atomic mass is 10.1. The first-order chi connectivity index (χ1) is 9.71. The molecule has 0 saturated carbocycles. The van der Waals surface area contributed by atoms with E-state index in [1.807, 2.05) is 32.9 Å². The molecular weight excluding hydrogens is 264 g/mol. The van der Waals surface area contributed by atoms with Crippen molar-refractivity contribution < 1.29 is 9.53 Å². The highest BCUT2D eigenvalue weighted by molar-refractivity contribution is 5.68. The Balaban J connectivity index is 2.87. The van der Waals surface area contributed by atoms with Gasteiger partial charge in [0.2, 0.25) is 0 Å². The standard InChI is InChI=1S/C17H24N2O2/c1-13(2)11-19(16(20)21-17(3,4)5)12-15-8-6-7-14(9-15)10-18/h6-9,13H,11-12H2,1-5H3. The third-order valence-electron chi connectivity index (χ3n) is 2.67. The minimum absolute atomic E-state index is 0.321. The van der Waals surface area contributed by atoms with Gasteiger partial charge in [0.05, 0.1) is 11.6 Å². The van der Waals surface area contributed by atoms with E-state index in [9.17, 15) is 4.79 Å². The molecule has 1 rings (SSSR count). The summed E-state index contributed by atoms with van der Waals surface area (Å²) in [5.41, 5.74) is 1.02. The van der Waals surface area contributed by atoms with Crippen LogP contribution in [0.5, 0.6) is 0 Å². The van der Waals surface area contributed by atoms with Crippen LogP contribution in [0.25, 0.3) is 0 Å². The zero-order chi connectivity index (χ0) is 16.0. The summed E-state index contributed by atoms with van der Waals surface area (Å²) >= 11 is 0. The highest BCUT2D eigenvalue weighted by atomic mass is 16.6. The van der Waals surface area contributed by atoms with Gasteiger partial charge in [0.1, 0.15) is 5.60 Å². The lowest BCUT2D eigenvalue weighted by Crippen LogP contribution is -2.38. The van der Waals surface area contributed by atoms with Crippen LogP contribution in [0, 0.1) is 17.2 Å². The van der Waals surface area contributed by atoms with E-state index >= 15 is 0 Å². The number of hydrogen-bond donors (Lipinski definition) is 0. The van der Waals surface area contributed by atoms with Crippen molar-refractivity contribution in [1.82, 2.24) is 4.90 Å². The van der Waals surface area contributed by atoms with Crippen LogP contribution in [0.2, 0.25) is 0 Å². The van der Waals surface area contributed by atoms with Crippen LogP contribution in [0.4, 0.5) is 4.79 Å². The molecule has 0 N–H and O–H groups in total. The Labute approximate surface area is 127 Å². The van der Waals surface area contributed by atoms with E-state index in [1.165, 1.54) is 0 Å². The van der Waals surface area contributed by atoms with E-state index in [0.717, 1.165) is 5.56 Å². The number of rotatable bonds is 4. The summed E-state index contributed by atoms with van der Waals surface area (Å²) < 4.78 is 5.45. The van der Waals surface area contributed by atoms with E-state index < -0.39 is 5.60 Å².